The third-order valence-electron chi connectivity index (χ3n) is 3.10. The maximum atomic E-state index is 5.69. The molecule has 0 unspecified atom stereocenters. The van der Waals surface area contributed by atoms with Crippen LogP contribution in [0.2, 0.25) is 0 Å². The first-order chi connectivity index (χ1) is 10.7. The Kier molecular flexibility index (Phi) is 5.61. The Morgan fingerprint density at radius 2 is 2.14 bits per heavy atom. The van der Waals surface area contributed by atoms with Gasteiger partial charge in [-0.3, -0.25) is 0 Å². The fourth-order valence-corrected chi connectivity index (χ4v) is 2.25. The Morgan fingerprint density at radius 3 is 2.77 bits per heavy atom. The van der Waals surface area contributed by atoms with Crippen LogP contribution in [0.5, 0.6) is 11.5 Å². The van der Waals surface area contributed by atoms with Crippen molar-refractivity contribution in [2.45, 2.75) is 13.8 Å². The predicted molar refractivity (Wildman–Crippen MR) is 92.1 cm³/mol. The van der Waals surface area contributed by atoms with Crippen LogP contribution in [-0.4, -0.2) is 18.7 Å². The van der Waals surface area contributed by atoms with Crippen LogP contribution in [0.3, 0.4) is 0 Å². The number of hydrogen-bond acceptors (Lipinski definition) is 4. The Balaban J connectivity index is 2.15. The van der Waals surface area contributed by atoms with Crippen molar-refractivity contribution < 1.29 is 13.9 Å². The number of nitrogens with one attached hydrogen (secondary N) is 1. The minimum absolute atomic E-state index is 0.488. The lowest BCUT2D eigenvalue weighted by Gasteiger charge is -2.13. The van der Waals surface area contributed by atoms with Gasteiger partial charge in [0.2, 0.25) is 0 Å². The molecule has 0 saturated heterocycles. The monoisotopic (exact) mass is 317 g/mol. The number of methoxy groups -OCH3 is 1. The van der Waals surface area contributed by atoms with E-state index in [0.29, 0.717) is 23.1 Å². The highest BCUT2D eigenvalue weighted by Crippen LogP contribution is 2.30. The van der Waals surface area contributed by atoms with Gasteiger partial charge >= 0.3 is 0 Å². The zero-order valence-electron chi connectivity index (χ0n) is 12.9. The average molecular weight is 317 g/mol. The molecule has 1 heterocycles. The second kappa shape index (κ2) is 7.66. The molecule has 0 amide bonds. The van der Waals surface area contributed by atoms with E-state index in [1.165, 1.54) is 0 Å². The second-order valence-corrected chi connectivity index (χ2v) is 5.00. The van der Waals surface area contributed by atoms with E-state index in [9.17, 15) is 0 Å². The SMILES string of the molecule is CC=CCOc1cc(NC(=S)c2ccoc2C)ccc1OC. The van der Waals surface area contributed by atoms with Crippen molar-refractivity contribution in [1.82, 2.24) is 0 Å². The van der Waals surface area contributed by atoms with Crippen LogP contribution >= 0.6 is 12.2 Å². The number of hydrogen-bond donors (Lipinski definition) is 1. The van der Waals surface area contributed by atoms with E-state index in [0.717, 1.165) is 17.0 Å². The third-order valence-corrected chi connectivity index (χ3v) is 3.42. The van der Waals surface area contributed by atoms with Crippen molar-refractivity contribution in [3.8, 4) is 11.5 Å². The van der Waals surface area contributed by atoms with Crippen molar-refractivity contribution in [1.29, 1.82) is 0 Å². The number of aryl methyl sites for hydroxylation is 1. The molecule has 4 nitrogen and oxygen atoms in total. The largest absolute Gasteiger partial charge is 0.493 e. The van der Waals surface area contributed by atoms with Crippen LogP contribution in [0.1, 0.15) is 18.2 Å². The highest BCUT2D eigenvalue weighted by molar-refractivity contribution is 7.81. The van der Waals surface area contributed by atoms with E-state index >= 15 is 0 Å². The predicted octanol–water partition coefficient (Wildman–Crippen LogP) is 4.34. The van der Waals surface area contributed by atoms with E-state index in [4.69, 9.17) is 26.1 Å². The van der Waals surface area contributed by atoms with Gasteiger partial charge < -0.3 is 19.2 Å². The molecule has 0 atom stereocenters. The molecule has 0 saturated carbocycles. The molecular weight excluding hydrogens is 298 g/mol. The second-order valence-electron chi connectivity index (χ2n) is 4.59. The zero-order valence-corrected chi connectivity index (χ0v) is 13.7. The number of anilines is 1. The van der Waals surface area contributed by atoms with E-state index in [-0.39, 0.29) is 0 Å². The van der Waals surface area contributed by atoms with Crippen molar-refractivity contribution in [3.05, 3.63) is 54.0 Å². The molecule has 1 aromatic heterocycles. The summed E-state index contributed by atoms with van der Waals surface area (Å²) in [6, 6.07) is 7.45. The maximum absolute atomic E-state index is 5.69. The normalized spacial score (nSPS) is 10.7. The third kappa shape index (κ3) is 3.89. The maximum Gasteiger partial charge on any atom is 0.163 e. The Morgan fingerprint density at radius 1 is 1.32 bits per heavy atom. The summed E-state index contributed by atoms with van der Waals surface area (Å²) in [6.45, 7) is 4.31. The van der Waals surface area contributed by atoms with Gasteiger partial charge in [0.1, 0.15) is 17.4 Å². The molecule has 0 fully saturated rings. The quantitative estimate of drug-likeness (QED) is 0.634. The van der Waals surface area contributed by atoms with Crippen LogP contribution < -0.4 is 14.8 Å². The Bertz CT molecular complexity index is 676. The molecule has 5 heteroatoms. The molecule has 116 valence electrons. The summed E-state index contributed by atoms with van der Waals surface area (Å²) in [4.78, 5) is 0.607. The molecular formula is C17H19NO3S. The van der Waals surface area contributed by atoms with E-state index in [1.54, 1.807) is 13.4 Å². The number of benzene rings is 1. The van der Waals surface area contributed by atoms with E-state index in [2.05, 4.69) is 5.32 Å². The summed E-state index contributed by atoms with van der Waals surface area (Å²) in [5, 5.41) is 3.19. The highest BCUT2D eigenvalue weighted by Gasteiger charge is 2.10. The van der Waals surface area contributed by atoms with Gasteiger partial charge in [-0.1, -0.05) is 24.4 Å². The van der Waals surface area contributed by atoms with Gasteiger partial charge in [-0.2, -0.15) is 0 Å². The van der Waals surface area contributed by atoms with E-state index in [1.807, 2.05) is 50.3 Å². The molecule has 0 bridgehead atoms. The van der Waals surface area contributed by atoms with Crippen LogP contribution in [0, 0.1) is 6.92 Å². The van der Waals surface area contributed by atoms with E-state index < -0.39 is 0 Å². The minimum atomic E-state index is 0.488. The molecule has 1 aromatic carbocycles. The lowest BCUT2D eigenvalue weighted by molar-refractivity contribution is 0.326. The van der Waals surface area contributed by atoms with Crippen LogP contribution in [0.25, 0.3) is 0 Å². The first-order valence-electron chi connectivity index (χ1n) is 6.93. The summed E-state index contributed by atoms with van der Waals surface area (Å²) < 4.78 is 16.3. The van der Waals surface area contributed by atoms with Gasteiger partial charge in [-0.25, -0.2) is 0 Å². The first kappa shape index (κ1) is 16.1. The zero-order chi connectivity index (χ0) is 15.9. The Labute approximate surface area is 135 Å². The lowest BCUT2D eigenvalue weighted by Crippen LogP contribution is -2.11. The molecule has 1 N–H and O–H groups in total. The molecule has 0 spiro atoms. The number of rotatable bonds is 6. The molecule has 0 aliphatic rings. The Hall–Kier alpha value is -2.27. The summed E-state index contributed by atoms with van der Waals surface area (Å²) in [7, 11) is 1.62. The fraction of sp³-hybridized carbons (Fsp3) is 0.235. The number of ether oxygens (including phenoxy) is 2. The summed E-state index contributed by atoms with van der Waals surface area (Å²) in [5.41, 5.74) is 1.71. The van der Waals surface area contributed by atoms with Crippen LogP contribution in [0.4, 0.5) is 5.69 Å². The number of allylic oxidation sites excluding steroid dienone is 1. The smallest absolute Gasteiger partial charge is 0.163 e. The molecule has 0 aliphatic carbocycles. The van der Waals surface area contributed by atoms with Gasteiger partial charge in [0.05, 0.1) is 18.9 Å². The van der Waals surface area contributed by atoms with Gasteiger partial charge in [0.25, 0.3) is 0 Å². The first-order valence-corrected chi connectivity index (χ1v) is 7.34. The summed E-state index contributed by atoms with van der Waals surface area (Å²) in [5.74, 6) is 2.13. The summed E-state index contributed by atoms with van der Waals surface area (Å²) in [6.07, 6.45) is 5.49. The fourth-order valence-electron chi connectivity index (χ4n) is 1.92. The molecule has 0 radical (unpaired) electrons. The van der Waals surface area contributed by atoms with Crippen LogP contribution in [-0.2, 0) is 0 Å². The van der Waals surface area contributed by atoms with Crippen molar-refractivity contribution in [2.24, 2.45) is 0 Å². The number of furan rings is 1. The molecule has 2 rings (SSSR count). The van der Waals surface area contributed by atoms with Crippen LogP contribution in [0.15, 0.2) is 47.1 Å². The highest BCUT2D eigenvalue weighted by atomic mass is 32.1. The molecule has 22 heavy (non-hydrogen) atoms. The summed E-state index contributed by atoms with van der Waals surface area (Å²) >= 11 is 5.40. The average Bonchev–Trinajstić information content (AvgIpc) is 2.94. The number of thiocarbonyl (C=S) groups is 1. The van der Waals surface area contributed by atoms with Gasteiger partial charge in [-0.05, 0) is 32.0 Å². The van der Waals surface area contributed by atoms with Gasteiger partial charge in [-0.15, -0.1) is 0 Å². The lowest BCUT2D eigenvalue weighted by atomic mass is 10.2. The van der Waals surface area contributed by atoms with Gasteiger partial charge in [0.15, 0.2) is 11.5 Å². The molecule has 0 aliphatic heterocycles. The topological polar surface area (TPSA) is 43.6 Å². The minimum Gasteiger partial charge on any atom is -0.493 e. The standard InChI is InChI=1S/C17H19NO3S/c1-4-5-9-21-16-11-13(6-7-15(16)19-3)18-17(22)14-8-10-20-12(14)2/h4-8,10-11H,9H2,1-3H3,(H,18,22). The van der Waals surface area contributed by atoms with Crippen molar-refractivity contribution in [2.75, 3.05) is 19.0 Å². The van der Waals surface area contributed by atoms with Crippen molar-refractivity contribution >= 4 is 22.9 Å². The van der Waals surface area contributed by atoms with Crippen molar-refractivity contribution in [3.63, 3.8) is 0 Å². The van der Waals surface area contributed by atoms with Gasteiger partial charge in [0, 0.05) is 11.8 Å². The molecule has 2 aromatic rings.